The van der Waals surface area contributed by atoms with E-state index in [0.29, 0.717) is 6.61 Å². The second kappa shape index (κ2) is 17.3. The van der Waals surface area contributed by atoms with E-state index in [9.17, 15) is 4.79 Å². The first-order chi connectivity index (χ1) is 9.41. The fraction of sp³-hybridized carbons (Fsp3) is 0.923. The monoisotopic (exact) mass is 278 g/mol. The summed E-state index contributed by atoms with van der Waals surface area (Å²) in [4.78, 5) is 18.0. The summed E-state index contributed by atoms with van der Waals surface area (Å²) in [5.74, 6) is 0. The standard InChI is InChI=1S/C13H26O6/c1-2-3-4-5-6-7-8-9-10-11-12-15-17-19-18-16-13-14/h13H,2-12H2,1H3. The molecule has 114 valence electrons. The third kappa shape index (κ3) is 17.3. The number of rotatable bonds is 16. The van der Waals surface area contributed by atoms with Crippen molar-refractivity contribution in [3.05, 3.63) is 0 Å². The van der Waals surface area contributed by atoms with Gasteiger partial charge in [-0.05, 0) is 11.5 Å². The Morgan fingerprint density at radius 1 is 0.737 bits per heavy atom. The Bertz CT molecular complexity index is 177. The largest absolute Gasteiger partial charge is 0.334 e. The highest BCUT2D eigenvalue weighted by atomic mass is 17.8. The van der Waals surface area contributed by atoms with Gasteiger partial charge in [0.1, 0.15) is 0 Å². The molecule has 0 unspecified atom stereocenters. The zero-order valence-electron chi connectivity index (χ0n) is 11.8. The van der Waals surface area contributed by atoms with Crippen LogP contribution < -0.4 is 0 Å². The molecule has 0 aliphatic rings. The van der Waals surface area contributed by atoms with E-state index in [1.54, 1.807) is 0 Å². The van der Waals surface area contributed by atoms with Crippen LogP contribution in [0.1, 0.15) is 71.1 Å². The van der Waals surface area contributed by atoms with Crippen molar-refractivity contribution in [2.75, 3.05) is 6.61 Å². The maximum absolute atomic E-state index is 9.62. The zero-order chi connectivity index (χ0) is 14.0. The summed E-state index contributed by atoms with van der Waals surface area (Å²) in [7, 11) is 0. The van der Waals surface area contributed by atoms with Crippen LogP contribution in [0.3, 0.4) is 0 Å². The number of hydrogen-bond acceptors (Lipinski definition) is 6. The van der Waals surface area contributed by atoms with Crippen LogP contribution in [-0.4, -0.2) is 13.1 Å². The van der Waals surface area contributed by atoms with Crippen LogP contribution in [0.5, 0.6) is 0 Å². The molecule has 0 aromatic rings. The number of unbranched alkanes of at least 4 members (excludes halogenated alkanes) is 9. The van der Waals surface area contributed by atoms with Crippen LogP contribution in [-0.2, 0) is 29.7 Å². The molecule has 0 saturated carbocycles. The van der Waals surface area contributed by atoms with Gasteiger partial charge in [-0.25, -0.2) is 4.89 Å². The quantitative estimate of drug-likeness (QED) is 0.185. The molecule has 0 aromatic heterocycles. The van der Waals surface area contributed by atoms with Gasteiger partial charge in [0, 0.05) is 10.1 Å². The third-order valence-electron chi connectivity index (χ3n) is 2.76. The van der Waals surface area contributed by atoms with Crippen LogP contribution in [0.4, 0.5) is 0 Å². The van der Waals surface area contributed by atoms with Gasteiger partial charge >= 0.3 is 6.47 Å². The molecule has 0 saturated heterocycles. The number of hydrogen-bond donors (Lipinski definition) is 0. The Kier molecular flexibility index (Phi) is 16.7. The van der Waals surface area contributed by atoms with E-state index < -0.39 is 0 Å². The van der Waals surface area contributed by atoms with Crippen molar-refractivity contribution < 1.29 is 29.7 Å². The van der Waals surface area contributed by atoms with Crippen molar-refractivity contribution in [1.82, 2.24) is 0 Å². The molecule has 0 amide bonds. The molecule has 0 aliphatic heterocycles. The SMILES string of the molecule is CCCCCCCCCCCCOOOOOC=O. The Balaban J connectivity index is 2.89. The minimum atomic E-state index is 0.0611. The number of carbonyl (C=O) groups is 1. The first kappa shape index (κ1) is 18.3. The van der Waals surface area contributed by atoms with Crippen molar-refractivity contribution in [3.8, 4) is 0 Å². The summed E-state index contributed by atoms with van der Waals surface area (Å²) in [6, 6.07) is 0. The molecule has 0 bridgehead atoms. The van der Waals surface area contributed by atoms with Gasteiger partial charge < -0.3 is 0 Å². The molecule has 0 heterocycles. The zero-order valence-corrected chi connectivity index (χ0v) is 11.8. The molecule has 0 aliphatic carbocycles. The van der Waals surface area contributed by atoms with Crippen molar-refractivity contribution >= 4 is 6.47 Å². The first-order valence-corrected chi connectivity index (χ1v) is 7.13. The van der Waals surface area contributed by atoms with Gasteiger partial charge in [0.05, 0.1) is 6.61 Å². The second-order valence-electron chi connectivity index (χ2n) is 4.40. The molecule has 19 heavy (non-hydrogen) atoms. The second-order valence-corrected chi connectivity index (χ2v) is 4.40. The van der Waals surface area contributed by atoms with Crippen LogP contribution in [0.2, 0.25) is 0 Å². The van der Waals surface area contributed by atoms with Gasteiger partial charge in [-0.1, -0.05) is 64.7 Å². The van der Waals surface area contributed by atoms with Crippen molar-refractivity contribution in [2.24, 2.45) is 0 Å². The van der Waals surface area contributed by atoms with Crippen molar-refractivity contribution in [2.45, 2.75) is 71.1 Å². The molecule has 0 spiro atoms. The maximum atomic E-state index is 9.62. The molecular weight excluding hydrogens is 252 g/mol. The molecule has 6 heteroatoms. The van der Waals surface area contributed by atoms with Crippen molar-refractivity contribution in [3.63, 3.8) is 0 Å². The molecule has 0 aromatic carbocycles. The van der Waals surface area contributed by atoms with Crippen LogP contribution in [0, 0.1) is 0 Å². The molecule has 0 N–H and O–H groups in total. The highest BCUT2D eigenvalue weighted by molar-refractivity contribution is 5.35. The predicted molar refractivity (Wildman–Crippen MR) is 68.2 cm³/mol. The Labute approximate surface area is 115 Å². The molecule has 6 nitrogen and oxygen atoms in total. The first-order valence-electron chi connectivity index (χ1n) is 7.13. The van der Waals surface area contributed by atoms with E-state index in [1.165, 1.54) is 51.4 Å². The van der Waals surface area contributed by atoms with Crippen LogP contribution in [0.25, 0.3) is 0 Å². The minimum absolute atomic E-state index is 0.0611. The van der Waals surface area contributed by atoms with E-state index in [0.717, 1.165) is 12.8 Å². The van der Waals surface area contributed by atoms with Gasteiger partial charge in [-0.2, -0.15) is 0 Å². The molecule has 0 radical (unpaired) electrons. The lowest BCUT2D eigenvalue weighted by Crippen LogP contribution is -2.00. The summed E-state index contributed by atoms with van der Waals surface area (Å²) in [6.07, 6.45) is 12.6. The Morgan fingerprint density at radius 3 is 1.89 bits per heavy atom. The Morgan fingerprint density at radius 2 is 1.32 bits per heavy atom. The molecule has 0 atom stereocenters. The van der Waals surface area contributed by atoms with E-state index in [1.807, 2.05) is 0 Å². The summed E-state index contributed by atoms with van der Waals surface area (Å²) in [5.41, 5.74) is 0. The fourth-order valence-corrected chi connectivity index (χ4v) is 1.75. The minimum Gasteiger partial charge on any atom is -0.270 e. The highest BCUT2D eigenvalue weighted by Gasteiger charge is 1.94. The van der Waals surface area contributed by atoms with Gasteiger partial charge in [-0.3, -0.25) is 9.68 Å². The Hall–Kier alpha value is -0.690. The lowest BCUT2D eigenvalue weighted by Gasteiger charge is -2.02. The third-order valence-corrected chi connectivity index (χ3v) is 2.76. The fourth-order valence-electron chi connectivity index (χ4n) is 1.75. The maximum Gasteiger partial charge on any atom is 0.334 e. The summed E-state index contributed by atoms with van der Waals surface area (Å²) < 4.78 is 0. The average Bonchev–Trinajstić information content (AvgIpc) is 2.43. The molecule has 0 fully saturated rings. The van der Waals surface area contributed by atoms with E-state index >= 15 is 0 Å². The van der Waals surface area contributed by atoms with Crippen molar-refractivity contribution in [1.29, 1.82) is 0 Å². The smallest absolute Gasteiger partial charge is 0.270 e. The molecular formula is C13H26O6. The molecule has 0 rings (SSSR count). The summed E-state index contributed by atoms with van der Waals surface area (Å²) in [6.45, 7) is 2.71. The topological polar surface area (TPSA) is 63.2 Å². The van der Waals surface area contributed by atoms with E-state index in [2.05, 4.69) is 31.8 Å². The van der Waals surface area contributed by atoms with Gasteiger partial charge in [0.15, 0.2) is 0 Å². The van der Waals surface area contributed by atoms with Gasteiger partial charge in [0.25, 0.3) is 0 Å². The number of carbonyl (C=O) groups excluding carboxylic acids is 1. The van der Waals surface area contributed by atoms with Gasteiger partial charge in [0.2, 0.25) is 0 Å². The van der Waals surface area contributed by atoms with Gasteiger partial charge in [-0.15, -0.1) is 0 Å². The summed E-state index contributed by atoms with van der Waals surface area (Å²) >= 11 is 0. The van der Waals surface area contributed by atoms with Crippen LogP contribution in [0.15, 0.2) is 0 Å². The van der Waals surface area contributed by atoms with E-state index in [4.69, 9.17) is 0 Å². The van der Waals surface area contributed by atoms with E-state index in [-0.39, 0.29) is 6.47 Å². The highest BCUT2D eigenvalue weighted by Crippen LogP contribution is 2.10. The average molecular weight is 278 g/mol. The lowest BCUT2D eigenvalue weighted by atomic mass is 10.1. The predicted octanol–water partition coefficient (Wildman–Crippen LogP) is 3.81. The lowest BCUT2D eigenvalue weighted by molar-refractivity contribution is -0.696. The normalized spacial score (nSPS) is 10.6. The summed E-state index contributed by atoms with van der Waals surface area (Å²) in [5, 5.41) is 11.8. The van der Waals surface area contributed by atoms with Crippen LogP contribution >= 0.6 is 0 Å².